The van der Waals surface area contributed by atoms with Crippen molar-refractivity contribution in [1.29, 1.82) is 0 Å². The maximum atomic E-state index is 11.7. The molecule has 2 nitrogen and oxygen atoms in total. The van der Waals surface area contributed by atoms with Crippen LogP contribution in [0.2, 0.25) is 0 Å². The highest BCUT2D eigenvalue weighted by Crippen LogP contribution is 2.23. The van der Waals surface area contributed by atoms with Gasteiger partial charge in [-0.05, 0) is 48.9 Å². The molecule has 3 heteroatoms. The van der Waals surface area contributed by atoms with E-state index >= 15 is 0 Å². The van der Waals surface area contributed by atoms with Gasteiger partial charge >= 0.3 is 0 Å². The molecular formula is C13H19NOS. The van der Waals surface area contributed by atoms with Crippen molar-refractivity contribution in [1.82, 2.24) is 0 Å². The van der Waals surface area contributed by atoms with Crippen molar-refractivity contribution in [3.05, 3.63) is 34.9 Å². The van der Waals surface area contributed by atoms with E-state index in [0.717, 1.165) is 12.2 Å². The summed E-state index contributed by atoms with van der Waals surface area (Å²) in [5.41, 5.74) is 9.58. The standard InChI is InChI=1S/C13H19NOS/c14-7-2-8-16(15)10-11-5-6-12-3-1-4-13(12)9-11/h5-6,9H,1-4,7-8,10,14H2. The molecule has 0 fully saturated rings. The Kier molecular flexibility index (Phi) is 4.13. The molecule has 88 valence electrons. The molecule has 16 heavy (non-hydrogen) atoms. The summed E-state index contributed by atoms with van der Waals surface area (Å²) in [4.78, 5) is 0. The zero-order valence-electron chi connectivity index (χ0n) is 9.58. The summed E-state index contributed by atoms with van der Waals surface area (Å²) >= 11 is 0. The maximum Gasteiger partial charge on any atom is 0.0485 e. The number of hydrogen-bond donors (Lipinski definition) is 1. The van der Waals surface area contributed by atoms with Gasteiger partial charge in [0.1, 0.15) is 0 Å². The highest BCUT2D eigenvalue weighted by atomic mass is 32.2. The van der Waals surface area contributed by atoms with E-state index in [1.165, 1.54) is 36.0 Å². The average Bonchev–Trinajstić information content (AvgIpc) is 2.73. The van der Waals surface area contributed by atoms with Crippen molar-refractivity contribution in [2.24, 2.45) is 5.73 Å². The van der Waals surface area contributed by atoms with Crippen LogP contribution >= 0.6 is 0 Å². The summed E-state index contributed by atoms with van der Waals surface area (Å²) in [6.07, 6.45) is 4.54. The molecule has 1 aromatic carbocycles. The number of fused-ring (bicyclic) bond motifs is 1. The molecule has 1 aromatic rings. The minimum atomic E-state index is -0.747. The smallest absolute Gasteiger partial charge is 0.0485 e. The van der Waals surface area contributed by atoms with Crippen LogP contribution in [-0.4, -0.2) is 16.5 Å². The summed E-state index contributed by atoms with van der Waals surface area (Å²) in [6.45, 7) is 0.635. The first-order valence-corrected chi connectivity index (χ1v) is 7.44. The van der Waals surface area contributed by atoms with E-state index in [4.69, 9.17) is 5.73 Å². The predicted molar refractivity (Wildman–Crippen MR) is 68.9 cm³/mol. The van der Waals surface area contributed by atoms with Gasteiger partial charge in [0, 0.05) is 22.3 Å². The fraction of sp³-hybridized carbons (Fsp3) is 0.538. The van der Waals surface area contributed by atoms with Crippen LogP contribution in [0.1, 0.15) is 29.5 Å². The zero-order valence-corrected chi connectivity index (χ0v) is 10.4. The van der Waals surface area contributed by atoms with Crippen LogP contribution < -0.4 is 5.73 Å². The molecule has 0 saturated carbocycles. The van der Waals surface area contributed by atoms with E-state index in [9.17, 15) is 4.21 Å². The Morgan fingerprint density at radius 3 is 2.88 bits per heavy atom. The Hall–Kier alpha value is -0.670. The lowest BCUT2D eigenvalue weighted by molar-refractivity contribution is 0.680. The second kappa shape index (κ2) is 5.60. The Balaban J connectivity index is 1.97. The molecule has 0 radical (unpaired) electrons. The molecule has 0 saturated heterocycles. The van der Waals surface area contributed by atoms with Crippen molar-refractivity contribution in [3.8, 4) is 0 Å². The monoisotopic (exact) mass is 237 g/mol. The second-order valence-corrected chi connectivity index (χ2v) is 5.96. The van der Waals surface area contributed by atoms with Gasteiger partial charge in [-0.25, -0.2) is 0 Å². The summed E-state index contributed by atoms with van der Waals surface area (Å²) in [6, 6.07) is 6.57. The van der Waals surface area contributed by atoms with E-state index in [2.05, 4.69) is 18.2 Å². The Morgan fingerprint density at radius 2 is 2.06 bits per heavy atom. The molecule has 2 N–H and O–H groups in total. The van der Waals surface area contributed by atoms with E-state index in [1.807, 2.05) is 0 Å². The first-order chi connectivity index (χ1) is 7.79. The zero-order chi connectivity index (χ0) is 11.4. The third kappa shape index (κ3) is 2.92. The van der Waals surface area contributed by atoms with Crippen LogP contribution in [0.15, 0.2) is 18.2 Å². The van der Waals surface area contributed by atoms with E-state index in [-0.39, 0.29) is 0 Å². The van der Waals surface area contributed by atoms with Crippen molar-refractivity contribution >= 4 is 10.8 Å². The summed E-state index contributed by atoms with van der Waals surface area (Å²) in [5, 5.41) is 0. The van der Waals surface area contributed by atoms with Gasteiger partial charge in [-0.2, -0.15) is 0 Å². The minimum Gasteiger partial charge on any atom is -0.330 e. The van der Waals surface area contributed by atoms with Crippen LogP contribution in [0, 0.1) is 0 Å². The van der Waals surface area contributed by atoms with Crippen LogP contribution in [0.3, 0.4) is 0 Å². The van der Waals surface area contributed by atoms with Gasteiger partial charge in [0.25, 0.3) is 0 Å². The van der Waals surface area contributed by atoms with Gasteiger partial charge in [0.05, 0.1) is 0 Å². The number of nitrogens with two attached hydrogens (primary N) is 1. The van der Waals surface area contributed by atoms with Gasteiger partial charge in [-0.15, -0.1) is 0 Å². The maximum absolute atomic E-state index is 11.7. The normalized spacial score (nSPS) is 16.1. The minimum absolute atomic E-state index is 0.635. The molecule has 0 aliphatic heterocycles. The summed E-state index contributed by atoms with van der Waals surface area (Å²) in [7, 11) is -0.747. The SMILES string of the molecule is NCCCS(=O)Cc1ccc2c(c1)CCC2. The average molecular weight is 237 g/mol. The summed E-state index contributed by atoms with van der Waals surface area (Å²) < 4.78 is 11.7. The molecule has 1 unspecified atom stereocenters. The lowest BCUT2D eigenvalue weighted by Crippen LogP contribution is -2.07. The van der Waals surface area contributed by atoms with Crippen molar-refractivity contribution < 1.29 is 4.21 Å². The second-order valence-electron chi connectivity index (χ2n) is 4.39. The van der Waals surface area contributed by atoms with Crippen LogP contribution in [0.25, 0.3) is 0 Å². The number of rotatable bonds is 5. The quantitative estimate of drug-likeness (QED) is 0.848. The molecule has 0 bridgehead atoms. The molecular weight excluding hydrogens is 218 g/mol. The molecule has 0 heterocycles. The fourth-order valence-electron chi connectivity index (χ4n) is 2.22. The number of hydrogen-bond acceptors (Lipinski definition) is 2. The van der Waals surface area contributed by atoms with E-state index in [0.29, 0.717) is 12.3 Å². The number of aryl methyl sites for hydroxylation is 2. The lowest BCUT2D eigenvalue weighted by Gasteiger charge is -2.05. The Labute approximate surface area is 99.7 Å². The van der Waals surface area contributed by atoms with E-state index < -0.39 is 10.8 Å². The molecule has 0 aromatic heterocycles. The lowest BCUT2D eigenvalue weighted by atomic mass is 10.1. The summed E-state index contributed by atoms with van der Waals surface area (Å²) in [5.74, 6) is 1.42. The largest absolute Gasteiger partial charge is 0.330 e. The van der Waals surface area contributed by atoms with Crippen molar-refractivity contribution in [2.45, 2.75) is 31.4 Å². The highest BCUT2D eigenvalue weighted by molar-refractivity contribution is 7.84. The number of benzene rings is 1. The Bertz CT molecular complexity index is 390. The van der Waals surface area contributed by atoms with Gasteiger partial charge in [0.2, 0.25) is 0 Å². The molecule has 0 amide bonds. The molecule has 0 spiro atoms. The Morgan fingerprint density at radius 1 is 1.25 bits per heavy atom. The van der Waals surface area contributed by atoms with E-state index in [1.54, 1.807) is 0 Å². The van der Waals surface area contributed by atoms with Gasteiger partial charge in [-0.3, -0.25) is 4.21 Å². The highest BCUT2D eigenvalue weighted by Gasteiger charge is 2.11. The molecule has 1 atom stereocenters. The predicted octanol–water partition coefficient (Wildman–Crippen LogP) is 1.77. The molecule has 2 rings (SSSR count). The van der Waals surface area contributed by atoms with Crippen molar-refractivity contribution in [2.75, 3.05) is 12.3 Å². The first-order valence-electron chi connectivity index (χ1n) is 5.95. The molecule has 1 aliphatic rings. The van der Waals surface area contributed by atoms with Crippen LogP contribution in [-0.2, 0) is 29.4 Å². The molecule has 1 aliphatic carbocycles. The topological polar surface area (TPSA) is 43.1 Å². The third-order valence-electron chi connectivity index (χ3n) is 3.07. The van der Waals surface area contributed by atoms with Gasteiger partial charge in [0.15, 0.2) is 0 Å². The van der Waals surface area contributed by atoms with Crippen molar-refractivity contribution in [3.63, 3.8) is 0 Å². The van der Waals surface area contributed by atoms with Crippen LogP contribution in [0.5, 0.6) is 0 Å². The third-order valence-corrected chi connectivity index (χ3v) is 4.47. The van der Waals surface area contributed by atoms with Gasteiger partial charge < -0.3 is 5.73 Å². The fourth-order valence-corrected chi connectivity index (χ4v) is 3.40. The van der Waals surface area contributed by atoms with Crippen LogP contribution in [0.4, 0.5) is 0 Å². The first kappa shape index (κ1) is 11.8. The van der Waals surface area contributed by atoms with Gasteiger partial charge in [-0.1, -0.05) is 18.2 Å².